The maximum atomic E-state index is 13.5. The Labute approximate surface area is 122 Å². The fourth-order valence-corrected chi connectivity index (χ4v) is 1.99. The summed E-state index contributed by atoms with van der Waals surface area (Å²) in [6.45, 7) is 0.104. The molecule has 0 saturated heterocycles. The highest BCUT2D eigenvalue weighted by Crippen LogP contribution is 2.15. The number of rotatable bonds is 3. The average Bonchev–Trinajstić information content (AvgIpc) is 2.40. The van der Waals surface area contributed by atoms with Crippen molar-refractivity contribution in [3.05, 3.63) is 63.1 Å². The molecule has 0 saturated carbocycles. The van der Waals surface area contributed by atoms with Gasteiger partial charge in [0, 0.05) is 22.8 Å². The van der Waals surface area contributed by atoms with Crippen molar-refractivity contribution < 1.29 is 9.18 Å². The van der Waals surface area contributed by atoms with Crippen LogP contribution in [0.25, 0.3) is 0 Å². The highest BCUT2D eigenvalue weighted by atomic mass is 79.9. The molecule has 19 heavy (non-hydrogen) atoms. The second-order valence-corrected chi connectivity index (χ2v) is 5.09. The van der Waals surface area contributed by atoms with E-state index >= 15 is 0 Å². The largest absolute Gasteiger partial charge is 0.348 e. The van der Waals surface area contributed by atoms with E-state index in [1.54, 1.807) is 18.2 Å². The zero-order valence-corrected chi connectivity index (χ0v) is 12.0. The molecule has 1 N–H and O–H groups in total. The van der Waals surface area contributed by atoms with Crippen LogP contribution in [0.3, 0.4) is 0 Å². The van der Waals surface area contributed by atoms with Gasteiger partial charge in [-0.2, -0.15) is 0 Å². The Hall–Kier alpha value is -1.46. The second-order valence-electron chi connectivity index (χ2n) is 3.79. The van der Waals surface area contributed by atoms with Gasteiger partial charge in [-0.05, 0) is 30.3 Å². The lowest BCUT2D eigenvalue weighted by atomic mass is 10.2. The van der Waals surface area contributed by atoms with Crippen LogP contribution in [0.2, 0.25) is 5.15 Å². The molecule has 2 aromatic rings. The summed E-state index contributed by atoms with van der Waals surface area (Å²) in [5.74, 6) is -0.693. The van der Waals surface area contributed by atoms with Crippen molar-refractivity contribution in [3.8, 4) is 0 Å². The smallest absolute Gasteiger partial charge is 0.253 e. The third kappa shape index (κ3) is 3.75. The molecule has 0 fully saturated rings. The molecular weight excluding hydrogens is 335 g/mol. The van der Waals surface area contributed by atoms with E-state index in [9.17, 15) is 9.18 Å². The normalized spacial score (nSPS) is 10.3. The zero-order valence-electron chi connectivity index (χ0n) is 9.66. The number of hydrogen-bond donors (Lipinski definition) is 1. The second kappa shape index (κ2) is 6.12. The maximum Gasteiger partial charge on any atom is 0.253 e. The number of pyridine rings is 1. The van der Waals surface area contributed by atoms with Crippen LogP contribution in [0.1, 0.15) is 15.9 Å². The van der Waals surface area contributed by atoms with Crippen LogP contribution in [0.15, 0.2) is 41.0 Å². The van der Waals surface area contributed by atoms with Crippen LogP contribution < -0.4 is 5.32 Å². The van der Waals surface area contributed by atoms with Crippen LogP contribution >= 0.6 is 27.5 Å². The number of aromatic nitrogens is 1. The summed E-state index contributed by atoms with van der Waals surface area (Å²) in [7, 11) is 0. The highest BCUT2D eigenvalue weighted by Gasteiger charge is 2.08. The fraction of sp³-hybridized carbons (Fsp3) is 0.0769. The number of hydrogen-bond acceptors (Lipinski definition) is 2. The molecule has 2 rings (SSSR count). The first-order valence-corrected chi connectivity index (χ1v) is 6.57. The molecule has 0 aliphatic heterocycles. The van der Waals surface area contributed by atoms with Crippen molar-refractivity contribution in [2.75, 3.05) is 0 Å². The summed E-state index contributed by atoms with van der Waals surface area (Å²) in [5.41, 5.74) is 0.782. The van der Waals surface area contributed by atoms with Crippen molar-refractivity contribution >= 4 is 33.4 Å². The monoisotopic (exact) mass is 342 g/mol. The van der Waals surface area contributed by atoms with Crippen LogP contribution in [0, 0.1) is 5.82 Å². The van der Waals surface area contributed by atoms with E-state index < -0.39 is 0 Å². The van der Waals surface area contributed by atoms with E-state index in [-0.39, 0.29) is 18.3 Å². The summed E-state index contributed by atoms with van der Waals surface area (Å²) < 4.78 is 14.2. The van der Waals surface area contributed by atoms with E-state index in [2.05, 4.69) is 26.2 Å². The first kappa shape index (κ1) is 14.0. The molecule has 3 nitrogen and oxygen atoms in total. The molecule has 0 aliphatic rings. The Bertz CT molecular complexity index is 604. The number of benzene rings is 1. The third-order valence-electron chi connectivity index (χ3n) is 2.44. The molecule has 6 heteroatoms. The molecule has 1 amide bonds. The van der Waals surface area contributed by atoms with Crippen molar-refractivity contribution in [1.82, 2.24) is 10.3 Å². The van der Waals surface area contributed by atoms with E-state index in [4.69, 9.17) is 11.6 Å². The summed E-state index contributed by atoms with van der Waals surface area (Å²) in [6, 6.07) is 7.65. The molecule has 1 aromatic heterocycles. The van der Waals surface area contributed by atoms with Gasteiger partial charge in [0.15, 0.2) is 0 Å². The van der Waals surface area contributed by atoms with E-state index in [1.165, 1.54) is 18.3 Å². The summed E-state index contributed by atoms with van der Waals surface area (Å²) >= 11 is 8.88. The third-order valence-corrected chi connectivity index (χ3v) is 3.15. The van der Waals surface area contributed by atoms with Crippen LogP contribution in [0.4, 0.5) is 4.39 Å². The van der Waals surface area contributed by atoms with Gasteiger partial charge in [0.05, 0.1) is 5.56 Å². The van der Waals surface area contributed by atoms with Crippen LogP contribution in [-0.2, 0) is 6.54 Å². The Morgan fingerprint density at radius 2 is 2.16 bits per heavy atom. The number of nitrogens with one attached hydrogen (secondary N) is 1. The summed E-state index contributed by atoms with van der Waals surface area (Å²) in [5, 5.41) is 2.93. The van der Waals surface area contributed by atoms with Gasteiger partial charge in [0.2, 0.25) is 0 Å². The molecule has 0 unspecified atom stereocenters. The molecule has 98 valence electrons. The first-order valence-electron chi connectivity index (χ1n) is 5.40. The lowest BCUT2D eigenvalue weighted by molar-refractivity contribution is 0.0950. The van der Waals surface area contributed by atoms with Gasteiger partial charge in [0.25, 0.3) is 5.91 Å². The Balaban J connectivity index is 2.04. The average molecular weight is 344 g/mol. The van der Waals surface area contributed by atoms with Gasteiger partial charge in [-0.1, -0.05) is 27.5 Å². The van der Waals surface area contributed by atoms with Gasteiger partial charge < -0.3 is 5.32 Å². The topological polar surface area (TPSA) is 42.0 Å². The minimum Gasteiger partial charge on any atom is -0.348 e. The maximum absolute atomic E-state index is 13.5. The minimum atomic E-state index is -0.363. The zero-order chi connectivity index (χ0) is 13.8. The Morgan fingerprint density at radius 3 is 2.84 bits per heavy atom. The van der Waals surface area contributed by atoms with Crippen molar-refractivity contribution in [2.24, 2.45) is 0 Å². The molecule has 0 radical (unpaired) electrons. The van der Waals surface area contributed by atoms with Crippen molar-refractivity contribution in [2.45, 2.75) is 6.54 Å². The predicted octanol–water partition coefficient (Wildman–Crippen LogP) is 3.57. The summed E-state index contributed by atoms with van der Waals surface area (Å²) in [6.07, 6.45) is 1.37. The molecule has 1 heterocycles. The molecule has 0 spiro atoms. The van der Waals surface area contributed by atoms with Crippen molar-refractivity contribution in [3.63, 3.8) is 0 Å². The first-order chi connectivity index (χ1) is 9.06. The number of amides is 1. The van der Waals surface area contributed by atoms with E-state index in [0.29, 0.717) is 16.3 Å². The fourth-order valence-electron chi connectivity index (χ4n) is 1.47. The Kier molecular flexibility index (Phi) is 4.50. The predicted molar refractivity (Wildman–Crippen MR) is 74.5 cm³/mol. The standard InChI is InChI=1S/C13H9BrClFN2O/c14-10-2-3-11(16)9(5-10)7-18-13(19)8-1-4-12(15)17-6-8/h1-6H,7H2,(H,18,19). The molecule has 0 atom stereocenters. The van der Waals surface area contributed by atoms with Crippen molar-refractivity contribution in [1.29, 1.82) is 0 Å². The number of carbonyl (C=O) groups excluding carboxylic acids is 1. The van der Waals surface area contributed by atoms with Gasteiger partial charge in [-0.3, -0.25) is 4.79 Å². The van der Waals surface area contributed by atoms with E-state index in [1.807, 2.05) is 0 Å². The summed E-state index contributed by atoms with van der Waals surface area (Å²) in [4.78, 5) is 15.6. The SMILES string of the molecule is O=C(NCc1cc(Br)ccc1F)c1ccc(Cl)nc1. The highest BCUT2D eigenvalue weighted by molar-refractivity contribution is 9.10. The Morgan fingerprint density at radius 1 is 1.37 bits per heavy atom. The molecular formula is C13H9BrClFN2O. The van der Waals surface area contributed by atoms with Gasteiger partial charge in [-0.25, -0.2) is 9.37 Å². The van der Waals surface area contributed by atoms with Gasteiger partial charge in [0.1, 0.15) is 11.0 Å². The molecule has 1 aromatic carbocycles. The quantitative estimate of drug-likeness (QED) is 0.866. The van der Waals surface area contributed by atoms with E-state index in [0.717, 1.165) is 4.47 Å². The van der Waals surface area contributed by atoms with Crippen LogP contribution in [-0.4, -0.2) is 10.9 Å². The molecule has 0 bridgehead atoms. The lowest BCUT2D eigenvalue weighted by Gasteiger charge is -2.06. The number of halogens is 3. The van der Waals surface area contributed by atoms with Gasteiger partial charge >= 0.3 is 0 Å². The molecule has 0 aliphatic carbocycles. The number of carbonyl (C=O) groups is 1. The number of nitrogens with zero attached hydrogens (tertiary/aromatic N) is 1. The lowest BCUT2D eigenvalue weighted by Crippen LogP contribution is -2.23. The van der Waals surface area contributed by atoms with Crippen LogP contribution in [0.5, 0.6) is 0 Å². The van der Waals surface area contributed by atoms with Gasteiger partial charge in [-0.15, -0.1) is 0 Å². The minimum absolute atomic E-state index is 0.104.